The van der Waals surface area contributed by atoms with E-state index in [1.807, 2.05) is 12.1 Å². The van der Waals surface area contributed by atoms with Gasteiger partial charge in [0.25, 0.3) is 0 Å². The van der Waals surface area contributed by atoms with Crippen molar-refractivity contribution in [1.29, 1.82) is 0 Å². The van der Waals surface area contributed by atoms with Crippen molar-refractivity contribution >= 4 is 0 Å². The van der Waals surface area contributed by atoms with Gasteiger partial charge in [-0.1, -0.05) is 6.07 Å². The fourth-order valence-electron chi connectivity index (χ4n) is 1.84. The molecule has 0 aliphatic heterocycles. The van der Waals surface area contributed by atoms with E-state index in [0.29, 0.717) is 43.6 Å². The van der Waals surface area contributed by atoms with Gasteiger partial charge in [0, 0.05) is 18.7 Å². The first kappa shape index (κ1) is 16.6. The lowest BCUT2D eigenvalue weighted by Crippen LogP contribution is -2.20. The van der Waals surface area contributed by atoms with Gasteiger partial charge in [-0.15, -0.1) is 0 Å². The minimum atomic E-state index is 0.0451. The summed E-state index contributed by atoms with van der Waals surface area (Å²) in [6.45, 7) is 2.28. The lowest BCUT2D eigenvalue weighted by molar-refractivity contribution is 0.0937. The van der Waals surface area contributed by atoms with Crippen molar-refractivity contribution in [3.05, 3.63) is 17.7 Å². The molecule has 2 N–H and O–H groups in total. The molecule has 0 aliphatic rings. The second-order valence-electron chi connectivity index (χ2n) is 4.01. The molecule has 1 rings (SSSR count). The molecule has 0 bridgehead atoms. The Balaban J connectivity index is 2.61. The molecular formula is C14H23NO5. The van der Waals surface area contributed by atoms with Crippen molar-refractivity contribution in [2.24, 2.45) is 0 Å². The lowest BCUT2D eigenvalue weighted by atomic mass is 10.1. The fraction of sp³-hybridized carbons (Fsp3) is 0.571. The number of benzene rings is 1. The Hall–Kier alpha value is -1.50. The van der Waals surface area contributed by atoms with Crippen LogP contribution in [0.1, 0.15) is 5.56 Å². The van der Waals surface area contributed by atoms with E-state index in [2.05, 4.69) is 5.32 Å². The summed E-state index contributed by atoms with van der Waals surface area (Å²) in [7, 11) is 4.78. The third-order valence-corrected chi connectivity index (χ3v) is 2.76. The van der Waals surface area contributed by atoms with E-state index in [0.717, 1.165) is 5.56 Å². The summed E-state index contributed by atoms with van der Waals surface area (Å²) in [4.78, 5) is 0. The zero-order chi connectivity index (χ0) is 14.8. The van der Waals surface area contributed by atoms with Gasteiger partial charge in [0.15, 0.2) is 11.5 Å². The van der Waals surface area contributed by atoms with Crippen LogP contribution in [-0.4, -0.2) is 52.8 Å². The molecule has 0 radical (unpaired) electrons. The maximum atomic E-state index is 8.59. The summed E-state index contributed by atoms with van der Waals surface area (Å²) in [5.41, 5.74) is 0.979. The van der Waals surface area contributed by atoms with Crippen LogP contribution in [0.25, 0.3) is 0 Å². The minimum Gasteiger partial charge on any atom is -0.493 e. The molecule has 0 amide bonds. The molecule has 0 spiro atoms. The maximum absolute atomic E-state index is 8.59. The highest BCUT2D eigenvalue weighted by Gasteiger charge is 2.15. The van der Waals surface area contributed by atoms with Crippen LogP contribution in [0.5, 0.6) is 17.2 Å². The molecule has 0 aromatic heterocycles. The van der Waals surface area contributed by atoms with Crippen LogP contribution >= 0.6 is 0 Å². The Labute approximate surface area is 119 Å². The Morgan fingerprint density at radius 2 is 1.75 bits per heavy atom. The first-order valence-corrected chi connectivity index (χ1v) is 6.45. The van der Waals surface area contributed by atoms with Gasteiger partial charge in [0.1, 0.15) is 0 Å². The molecule has 0 atom stereocenters. The van der Waals surface area contributed by atoms with Crippen LogP contribution in [0, 0.1) is 0 Å². The molecule has 20 heavy (non-hydrogen) atoms. The quantitative estimate of drug-likeness (QED) is 0.620. The van der Waals surface area contributed by atoms with Gasteiger partial charge in [-0.25, -0.2) is 0 Å². The maximum Gasteiger partial charge on any atom is 0.203 e. The Kier molecular flexibility index (Phi) is 7.79. The molecule has 6 heteroatoms. The van der Waals surface area contributed by atoms with Gasteiger partial charge in [-0.3, -0.25) is 0 Å². The SMILES string of the molecule is COc1ccc(CNCCOCCO)c(OC)c1OC. The molecule has 6 nitrogen and oxygen atoms in total. The molecule has 0 saturated carbocycles. The number of ether oxygens (including phenoxy) is 4. The van der Waals surface area contributed by atoms with Gasteiger partial charge in [0.2, 0.25) is 5.75 Å². The summed E-state index contributed by atoms with van der Waals surface area (Å²) in [5.74, 6) is 1.89. The van der Waals surface area contributed by atoms with E-state index < -0.39 is 0 Å². The molecular weight excluding hydrogens is 262 g/mol. The first-order chi connectivity index (χ1) is 9.78. The second kappa shape index (κ2) is 9.41. The molecule has 1 aromatic carbocycles. The smallest absolute Gasteiger partial charge is 0.203 e. The van der Waals surface area contributed by atoms with Crippen molar-refractivity contribution < 1.29 is 24.1 Å². The molecule has 1 aromatic rings. The van der Waals surface area contributed by atoms with E-state index in [1.54, 1.807) is 21.3 Å². The van der Waals surface area contributed by atoms with E-state index in [9.17, 15) is 0 Å². The molecule has 114 valence electrons. The predicted octanol–water partition coefficient (Wildman–Crippen LogP) is 0.811. The van der Waals surface area contributed by atoms with Gasteiger partial charge in [-0.2, -0.15) is 0 Å². The monoisotopic (exact) mass is 285 g/mol. The second-order valence-corrected chi connectivity index (χ2v) is 4.01. The van der Waals surface area contributed by atoms with Crippen molar-refractivity contribution in [2.75, 3.05) is 47.7 Å². The van der Waals surface area contributed by atoms with Gasteiger partial charge < -0.3 is 29.4 Å². The lowest BCUT2D eigenvalue weighted by Gasteiger charge is -2.16. The summed E-state index contributed by atoms with van der Waals surface area (Å²) in [6, 6.07) is 3.78. The Bertz CT molecular complexity index is 397. The molecule has 0 fully saturated rings. The van der Waals surface area contributed by atoms with Gasteiger partial charge in [-0.05, 0) is 6.07 Å². The summed E-state index contributed by atoms with van der Waals surface area (Å²) >= 11 is 0. The van der Waals surface area contributed by atoms with E-state index >= 15 is 0 Å². The molecule has 0 unspecified atom stereocenters. The Morgan fingerprint density at radius 1 is 1.00 bits per heavy atom. The summed E-state index contributed by atoms with van der Waals surface area (Å²) < 4.78 is 21.1. The number of methoxy groups -OCH3 is 3. The number of aliphatic hydroxyl groups excluding tert-OH is 1. The molecule has 0 heterocycles. The van der Waals surface area contributed by atoms with Crippen molar-refractivity contribution in [3.8, 4) is 17.2 Å². The predicted molar refractivity (Wildman–Crippen MR) is 75.7 cm³/mol. The molecule has 0 saturated heterocycles. The van der Waals surface area contributed by atoms with Crippen LogP contribution in [0.3, 0.4) is 0 Å². The topological polar surface area (TPSA) is 69.2 Å². The van der Waals surface area contributed by atoms with Gasteiger partial charge in [0.05, 0.1) is 41.2 Å². The van der Waals surface area contributed by atoms with Crippen molar-refractivity contribution in [3.63, 3.8) is 0 Å². The van der Waals surface area contributed by atoms with Crippen LogP contribution in [-0.2, 0) is 11.3 Å². The zero-order valence-corrected chi connectivity index (χ0v) is 12.3. The number of aliphatic hydroxyl groups is 1. The minimum absolute atomic E-state index is 0.0451. The molecule has 0 aliphatic carbocycles. The summed E-state index contributed by atoms with van der Waals surface area (Å²) in [5, 5.41) is 11.8. The zero-order valence-electron chi connectivity index (χ0n) is 12.3. The number of nitrogens with one attached hydrogen (secondary N) is 1. The normalized spacial score (nSPS) is 10.4. The third-order valence-electron chi connectivity index (χ3n) is 2.76. The Morgan fingerprint density at radius 3 is 2.35 bits per heavy atom. The van der Waals surface area contributed by atoms with Gasteiger partial charge >= 0.3 is 0 Å². The highest BCUT2D eigenvalue weighted by molar-refractivity contribution is 5.55. The van der Waals surface area contributed by atoms with Crippen LogP contribution in [0.4, 0.5) is 0 Å². The standard InChI is InChI=1S/C14H23NO5/c1-17-12-5-4-11(13(18-2)14(12)19-3)10-15-6-8-20-9-7-16/h4-5,15-16H,6-10H2,1-3H3. The highest BCUT2D eigenvalue weighted by atomic mass is 16.5. The van der Waals surface area contributed by atoms with Crippen LogP contribution in [0.15, 0.2) is 12.1 Å². The average Bonchev–Trinajstić information content (AvgIpc) is 2.49. The number of hydrogen-bond donors (Lipinski definition) is 2. The van der Waals surface area contributed by atoms with Crippen molar-refractivity contribution in [2.45, 2.75) is 6.54 Å². The number of hydrogen-bond acceptors (Lipinski definition) is 6. The average molecular weight is 285 g/mol. The van der Waals surface area contributed by atoms with E-state index in [4.69, 9.17) is 24.1 Å². The largest absolute Gasteiger partial charge is 0.493 e. The van der Waals surface area contributed by atoms with Crippen LogP contribution < -0.4 is 19.5 Å². The fourth-order valence-corrected chi connectivity index (χ4v) is 1.84. The summed E-state index contributed by atoms with van der Waals surface area (Å²) in [6.07, 6.45) is 0. The highest BCUT2D eigenvalue weighted by Crippen LogP contribution is 2.39. The van der Waals surface area contributed by atoms with E-state index in [-0.39, 0.29) is 6.61 Å². The third kappa shape index (κ3) is 4.56. The van der Waals surface area contributed by atoms with Crippen molar-refractivity contribution in [1.82, 2.24) is 5.32 Å². The van der Waals surface area contributed by atoms with E-state index in [1.165, 1.54) is 0 Å². The van der Waals surface area contributed by atoms with Crippen LogP contribution in [0.2, 0.25) is 0 Å². The number of rotatable bonds is 10. The first-order valence-electron chi connectivity index (χ1n) is 6.45.